The Morgan fingerprint density at radius 2 is 1.19 bits per heavy atom. The second-order valence-corrected chi connectivity index (χ2v) is 6.87. The molecule has 0 aromatic heterocycles. The fourth-order valence-electron chi connectivity index (χ4n) is 3.79. The Kier molecular flexibility index (Phi) is 4.75. The first-order valence-electron chi connectivity index (χ1n) is 8.67. The monoisotopic (exact) mass is 363 g/mol. The lowest BCUT2D eigenvalue weighted by atomic mass is 9.90. The van der Waals surface area contributed by atoms with Gasteiger partial charge in [-0.2, -0.15) is 0 Å². The predicted octanol–water partition coefficient (Wildman–Crippen LogP) is 5.18. The van der Waals surface area contributed by atoms with E-state index in [4.69, 9.17) is 4.74 Å². The average molecular weight is 363 g/mol. The summed E-state index contributed by atoms with van der Waals surface area (Å²) in [6, 6.07) is 11.7. The topological polar surface area (TPSA) is 69.9 Å². The molecule has 139 valence electrons. The molecule has 1 radical (unpaired) electrons. The molecule has 4 heteroatoms. The van der Waals surface area contributed by atoms with Gasteiger partial charge < -0.3 is 20.1 Å². The van der Waals surface area contributed by atoms with Crippen LogP contribution in [-0.4, -0.2) is 22.4 Å². The molecule has 3 aromatic rings. The summed E-state index contributed by atoms with van der Waals surface area (Å²) >= 11 is 0. The smallest absolute Gasteiger partial charge is 0.169 e. The van der Waals surface area contributed by atoms with Crippen LogP contribution in [0.4, 0.5) is 0 Å². The van der Waals surface area contributed by atoms with Gasteiger partial charge in [0.15, 0.2) is 11.5 Å². The van der Waals surface area contributed by atoms with Crippen LogP contribution < -0.4 is 4.74 Å². The van der Waals surface area contributed by atoms with Crippen LogP contribution in [0.5, 0.6) is 23.0 Å². The third-order valence-corrected chi connectivity index (χ3v) is 4.82. The Balaban J connectivity index is 2.28. The zero-order valence-electron chi connectivity index (χ0n) is 16.1. The van der Waals surface area contributed by atoms with Crippen LogP contribution in [0.2, 0.25) is 0 Å². The number of phenolic OH excluding ortho intramolecular Hbond substituents is 3. The molecule has 0 heterocycles. The van der Waals surface area contributed by atoms with Gasteiger partial charge in [-0.1, -0.05) is 0 Å². The third-order valence-electron chi connectivity index (χ3n) is 4.82. The summed E-state index contributed by atoms with van der Waals surface area (Å²) in [6.07, 6.45) is 0. The van der Waals surface area contributed by atoms with E-state index in [0.717, 1.165) is 33.4 Å². The van der Waals surface area contributed by atoms with Crippen LogP contribution in [0, 0.1) is 33.8 Å². The van der Waals surface area contributed by atoms with Crippen molar-refractivity contribution < 1.29 is 20.1 Å². The molecule has 0 saturated heterocycles. The highest BCUT2D eigenvalue weighted by molar-refractivity contribution is 5.86. The Bertz CT molecular complexity index is 989. The van der Waals surface area contributed by atoms with E-state index in [1.54, 1.807) is 30.3 Å². The minimum atomic E-state index is 0.0232. The number of rotatable bonds is 3. The summed E-state index contributed by atoms with van der Waals surface area (Å²) in [5.41, 5.74) is 6.38. The standard InChI is InChI=1S/C23H23O4/c1-12-8-16(24)9-13(2)20(12)18-6-7-19(23(27-5)22(18)26)21-14(3)10-17(25)11-15(21)4/h6,8-11,24-26H,1-5H3. The van der Waals surface area contributed by atoms with Crippen molar-refractivity contribution in [3.63, 3.8) is 0 Å². The minimum Gasteiger partial charge on any atom is -0.508 e. The van der Waals surface area contributed by atoms with Crippen molar-refractivity contribution in [1.29, 1.82) is 0 Å². The summed E-state index contributed by atoms with van der Waals surface area (Å²) < 4.78 is 5.54. The van der Waals surface area contributed by atoms with Crippen LogP contribution in [-0.2, 0) is 0 Å². The molecule has 0 aliphatic carbocycles. The van der Waals surface area contributed by atoms with Crippen molar-refractivity contribution in [2.24, 2.45) is 0 Å². The van der Waals surface area contributed by atoms with Crippen molar-refractivity contribution in [3.05, 3.63) is 58.7 Å². The van der Waals surface area contributed by atoms with Crippen LogP contribution in [0.3, 0.4) is 0 Å². The highest BCUT2D eigenvalue weighted by atomic mass is 16.5. The van der Waals surface area contributed by atoms with Gasteiger partial charge in [0, 0.05) is 11.1 Å². The van der Waals surface area contributed by atoms with Crippen LogP contribution >= 0.6 is 0 Å². The van der Waals surface area contributed by atoms with E-state index in [9.17, 15) is 15.3 Å². The lowest BCUT2D eigenvalue weighted by molar-refractivity contribution is 0.376. The molecule has 3 aromatic carbocycles. The van der Waals surface area contributed by atoms with Crippen molar-refractivity contribution in [2.45, 2.75) is 27.7 Å². The van der Waals surface area contributed by atoms with Crippen molar-refractivity contribution in [2.75, 3.05) is 7.11 Å². The molecule has 27 heavy (non-hydrogen) atoms. The van der Waals surface area contributed by atoms with Gasteiger partial charge in [0.2, 0.25) is 0 Å². The molecule has 0 atom stereocenters. The Morgan fingerprint density at radius 1 is 0.741 bits per heavy atom. The van der Waals surface area contributed by atoms with Gasteiger partial charge in [-0.15, -0.1) is 0 Å². The van der Waals surface area contributed by atoms with E-state index < -0.39 is 0 Å². The molecular formula is C23H23O4. The number of phenols is 3. The molecule has 0 spiro atoms. The molecule has 0 unspecified atom stereocenters. The third kappa shape index (κ3) is 3.19. The Morgan fingerprint density at radius 3 is 1.63 bits per heavy atom. The van der Waals surface area contributed by atoms with E-state index in [-0.39, 0.29) is 17.2 Å². The van der Waals surface area contributed by atoms with Gasteiger partial charge in [-0.05, 0) is 97.5 Å². The summed E-state index contributed by atoms with van der Waals surface area (Å²) in [5.74, 6) is 0.742. The molecule has 4 nitrogen and oxygen atoms in total. The van der Waals surface area contributed by atoms with E-state index in [2.05, 4.69) is 6.07 Å². The maximum absolute atomic E-state index is 11.0. The second-order valence-electron chi connectivity index (χ2n) is 6.87. The lowest BCUT2D eigenvalue weighted by Gasteiger charge is -2.19. The van der Waals surface area contributed by atoms with Crippen LogP contribution in [0.25, 0.3) is 22.3 Å². The van der Waals surface area contributed by atoms with Gasteiger partial charge in [0.1, 0.15) is 11.5 Å². The summed E-state index contributed by atoms with van der Waals surface area (Å²) in [6.45, 7) is 7.56. The molecule has 0 fully saturated rings. The van der Waals surface area contributed by atoms with Gasteiger partial charge in [0.05, 0.1) is 7.11 Å². The summed E-state index contributed by atoms with van der Waals surface area (Å²) in [7, 11) is 1.51. The number of ether oxygens (including phenoxy) is 1. The molecular weight excluding hydrogens is 340 g/mol. The summed E-state index contributed by atoms with van der Waals surface area (Å²) in [4.78, 5) is 0. The first-order chi connectivity index (χ1) is 12.7. The largest absolute Gasteiger partial charge is 0.508 e. The van der Waals surface area contributed by atoms with Crippen LogP contribution in [0.15, 0.2) is 30.3 Å². The molecule has 0 aliphatic heterocycles. The quantitative estimate of drug-likeness (QED) is 0.600. The molecule has 0 aliphatic rings. The zero-order valence-corrected chi connectivity index (χ0v) is 16.1. The highest BCUT2D eigenvalue weighted by Gasteiger charge is 2.21. The second kappa shape index (κ2) is 6.88. The number of methoxy groups -OCH3 is 1. The maximum atomic E-state index is 11.0. The van der Waals surface area contributed by atoms with Gasteiger partial charge in [-0.25, -0.2) is 0 Å². The van der Waals surface area contributed by atoms with E-state index in [1.807, 2.05) is 27.7 Å². The Labute approximate surface area is 159 Å². The van der Waals surface area contributed by atoms with E-state index >= 15 is 0 Å². The first kappa shape index (κ1) is 18.6. The Hall–Kier alpha value is -3.14. The predicted molar refractivity (Wildman–Crippen MR) is 107 cm³/mol. The number of hydrogen-bond acceptors (Lipinski definition) is 4. The molecule has 3 N–H and O–H groups in total. The maximum Gasteiger partial charge on any atom is 0.169 e. The number of hydrogen-bond donors (Lipinski definition) is 3. The minimum absolute atomic E-state index is 0.0232. The van der Waals surface area contributed by atoms with Crippen molar-refractivity contribution in [1.82, 2.24) is 0 Å². The summed E-state index contributed by atoms with van der Waals surface area (Å²) in [5, 5.41) is 30.6. The lowest BCUT2D eigenvalue weighted by Crippen LogP contribution is -1.96. The number of aromatic hydroxyl groups is 3. The SMILES string of the molecule is COc1c(-c2c(C)cc(O)cc2C)[c]cc(-c2c(C)cc(O)cc2C)c1O. The highest BCUT2D eigenvalue weighted by Crippen LogP contribution is 2.47. The van der Waals surface area contributed by atoms with E-state index in [0.29, 0.717) is 16.9 Å². The van der Waals surface area contributed by atoms with Crippen LogP contribution in [0.1, 0.15) is 22.3 Å². The zero-order chi connectivity index (χ0) is 19.9. The molecule has 0 bridgehead atoms. The van der Waals surface area contributed by atoms with Gasteiger partial charge >= 0.3 is 0 Å². The van der Waals surface area contributed by atoms with Gasteiger partial charge in [0.25, 0.3) is 0 Å². The fourth-order valence-corrected chi connectivity index (χ4v) is 3.79. The van der Waals surface area contributed by atoms with Gasteiger partial charge in [-0.3, -0.25) is 0 Å². The molecule has 0 amide bonds. The van der Waals surface area contributed by atoms with Crippen molar-refractivity contribution in [3.8, 4) is 45.3 Å². The molecule has 0 saturated carbocycles. The number of benzene rings is 3. The van der Waals surface area contributed by atoms with Crippen molar-refractivity contribution >= 4 is 0 Å². The average Bonchev–Trinajstić information content (AvgIpc) is 2.55. The fraction of sp³-hybridized carbons (Fsp3) is 0.217. The van der Waals surface area contributed by atoms with E-state index in [1.165, 1.54) is 7.11 Å². The first-order valence-corrected chi connectivity index (χ1v) is 8.67. The normalized spacial score (nSPS) is 10.9. The molecule has 3 rings (SSSR count). The number of aryl methyl sites for hydroxylation is 4.